The Kier molecular flexibility index (Phi) is 10.2. The molecule has 0 amide bonds. The molecule has 0 bridgehead atoms. The van der Waals surface area contributed by atoms with Crippen LogP contribution in [0.5, 0.6) is 0 Å². The Morgan fingerprint density at radius 2 is 1.94 bits per heavy atom. The summed E-state index contributed by atoms with van der Waals surface area (Å²) in [6.45, 7) is 6.36. The number of aliphatic hydroxyl groups is 1. The van der Waals surface area contributed by atoms with Crippen molar-refractivity contribution in [1.29, 1.82) is 0 Å². The highest BCUT2D eigenvalue weighted by molar-refractivity contribution is 5.77. The molecule has 0 aliphatic heterocycles. The molecule has 0 aromatic heterocycles. The number of aliphatic imine (C=N–C) groups is 1. The predicted octanol–water partition coefficient (Wildman–Crippen LogP) is 1.49. The summed E-state index contributed by atoms with van der Waals surface area (Å²) in [4.78, 5) is 4.24. The second kappa shape index (κ2) is 10.7. The zero-order valence-electron chi connectivity index (χ0n) is 10.7. The van der Waals surface area contributed by atoms with Crippen molar-refractivity contribution < 1.29 is 5.11 Å². The minimum Gasteiger partial charge on any atom is -0.396 e. The van der Waals surface area contributed by atoms with Crippen LogP contribution in [0.15, 0.2) is 4.99 Å². The largest absolute Gasteiger partial charge is 0.396 e. The smallest absolute Gasteiger partial charge is 0.188 e. The van der Waals surface area contributed by atoms with Gasteiger partial charge < -0.3 is 16.2 Å². The Hall–Kier alpha value is -0.770. The fourth-order valence-corrected chi connectivity index (χ4v) is 1.32. The number of rotatable bonds is 9. The van der Waals surface area contributed by atoms with Gasteiger partial charge in [0.2, 0.25) is 0 Å². The van der Waals surface area contributed by atoms with E-state index in [4.69, 9.17) is 10.8 Å². The summed E-state index contributed by atoms with van der Waals surface area (Å²) < 4.78 is 0. The SMILES string of the molecule is CC(C)CCNC(N)=NCCCCCCO. The van der Waals surface area contributed by atoms with Crippen LogP contribution in [0.25, 0.3) is 0 Å². The first-order valence-corrected chi connectivity index (χ1v) is 6.31. The minimum atomic E-state index is 0.294. The Balaban J connectivity index is 3.33. The Labute approximate surface area is 99.3 Å². The highest BCUT2D eigenvalue weighted by atomic mass is 16.2. The molecule has 0 atom stereocenters. The van der Waals surface area contributed by atoms with Gasteiger partial charge in [0.05, 0.1) is 0 Å². The average Bonchev–Trinajstić information content (AvgIpc) is 2.22. The summed E-state index contributed by atoms with van der Waals surface area (Å²) in [7, 11) is 0. The lowest BCUT2D eigenvalue weighted by Crippen LogP contribution is -2.33. The molecule has 0 heterocycles. The molecule has 0 saturated carbocycles. The summed E-state index contributed by atoms with van der Waals surface area (Å²) >= 11 is 0. The van der Waals surface area contributed by atoms with Crippen molar-refractivity contribution in [2.75, 3.05) is 19.7 Å². The van der Waals surface area contributed by atoms with Gasteiger partial charge in [-0.15, -0.1) is 0 Å². The molecule has 0 aliphatic carbocycles. The lowest BCUT2D eigenvalue weighted by Gasteiger charge is -2.07. The zero-order chi connectivity index (χ0) is 12.2. The molecule has 0 aromatic rings. The lowest BCUT2D eigenvalue weighted by atomic mass is 10.1. The number of hydrogen-bond acceptors (Lipinski definition) is 2. The van der Waals surface area contributed by atoms with Gasteiger partial charge in [0.25, 0.3) is 0 Å². The third kappa shape index (κ3) is 11.3. The summed E-state index contributed by atoms with van der Waals surface area (Å²) in [5.74, 6) is 1.25. The van der Waals surface area contributed by atoms with Crippen LogP contribution < -0.4 is 11.1 Å². The molecule has 0 unspecified atom stereocenters. The Bertz CT molecular complexity index is 181. The number of nitrogens with one attached hydrogen (secondary N) is 1. The Morgan fingerprint density at radius 3 is 2.56 bits per heavy atom. The number of unbranched alkanes of at least 4 members (excludes halogenated alkanes) is 3. The van der Waals surface area contributed by atoms with Crippen molar-refractivity contribution in [3.8, 4) is 0 Å². The molecule has 4 nitrogen and oxygen atoms in total. The van der Waals surface area contributed by atoms with Crippen molar-refractivity contribution in [1.82, 2.24) is 5.32 Å². The lowest BCUT2D eigenvalue weighted by molar-refractivity contribution is 0.282. The van der Waals surface area contributed by atoms with Gasteiger partial charge in [-0.3, -0.25) is 4.99 Å². The molecule has 0 rings (SSSR count). The molecule has 0 radical (unpaired) electrons. The maximum atomic E-state index is 8.60. The van der Waals surface area contributed by atoms with Crippen LogP contribution in [0.3, 0.4) is 0 Å². The maximum absolute atomic E-state index is 8.60. The first kappa shape index (κ1) is 15.2. The molecule has 0 aliphatic rings. The average molecular weight is 229 g/mol. The van der Waals surface area contributed by atoms with Crippen LogP contribution in [-0.4, -0.2) is 30.8 Å². The summed E-state index contributed by atoms with van der Waals surface area (Å²) in [6.07, 6.45) is 5.25. The third-order valence-electron chi connectivity index (χ3n) is 2.38. The van der Waals surface area contributed by atoms with Crippen LogP contribution in [-0.2, 0) is 0 Å². The molecule has 16 heavy (non-hydrogen) atoms. The second-order valence-electron chi connectivity index (χ2n) is 4.51. The topological polar surface area (TPSA) is 70.6 Å². The number of hydrogen-bond donors (Lipinski definition) is 3. The van der Waals surface area contributed by atoms with E-state index in [1.165, 1.54) is 0 Å². The van der Waals surface area contributed by atoms with Gasteiger partial charge in [0.1, 0.15) is 0 Å². The monoisotopic (exact) mass is 229 g/mol. The highest BCUT2D eigenvalue weighted by Gasteiger charge is 1.94. The van der Waals surface area contributed by atoms with Crippen molar-refractivity contribution >= 4 is 5.96 Å². The molecular weight excluding hydrogens is 202 g/mol. The predicted molar refractivity (Wildman–Crippen MR) is 69.5 cm³/mol. The fourth-order valence-electron chi connectivity index (χ4n) is 1.32. The molecular formula is C12H27N3O. The Morgan fingerprint density at radius 1 is 1.25 bits per heavy atom. The summed E-state index contributed by atoms with van der Waals surface area (Å²) in [5, 5.41) is 11.7. The molecule has 0 fully saturated rings. The molecule has 0 spiro atoms. The van der Waals surface area contributed by atoms with Crippen LogP contribution in [0.4, 0.5) is 0 Å². The minimum absolute atomic E-state index is 0.294. The van der Waals surface area contributed by atoms with E-state index in [0.29, 0.717) is 18.5 Å². The van der Waals surface area contributed by atoms with Crippen molar-refractivity contribution in [3.63, 3.8) is 0 Å². The van der Waals surface area contributed by atoms with Crippen molar-refractivity contribution in [3.05, 3.63) is 0 Å². The van der Waals surface area contributed by atoms with Gasteiger partial charge >= 0.3 is 0 Å². The van der Waals surface area contributed by atoms with E-state index in [2.05, 4.69) is 24.2 Å². The quantitative estimate of drug-likeness (QED) is 0.319. The zero-order valence-corrected chi connectivity index (χ0v) is 10.7. The van der Waals surface area contributed by atoms with Crippen molar-refractivity contribution in [2.24, 2.45) is 16.6 Å². The summed E-state index contributed by atoms with van der Waals surface area (Å²) in [6, 6.07) is 0. The summed E-state index contributed by atoms with van der Waals surface area (Å²) in [5.41, 5.74) is 5.70. The van der Waals surface area contributed by atoms with Crippen LogP contribution in [0, 0.1) is 5.92 Å². The number of guanidine groups is 1. The maximum Gasteiger partial charge on any atom is 0.188 e. The van der Waals surface area contributed by atoms with Gasteiger partial charge in [-0.05, 0) is 25.2 Å². The first-order chi connectivity index (χ1) is 7.66. The van der Waals surface area contributed by atoms with Gasteiger partial charge in [-0.1, -0.05) is 26.7 Å². The molecule has 4 heteroatoms. The van der Waals surface area contributed by atoms with E-state index in [1.54, 1.807) is 0 Å². The number of nitrogens with zero attached hydrogens (tertiary/aromatic N) is 1. The number of aliphatic hydroxyl groups excluding tert-OH is 1. The van der Waals surface area contributed by atoms with Crippen LogP contribution >= 0.6 is 0 Å². The fraction of sp³-hybridized carbons (Fsp3) is 0.917. The van der Waals surface area contributed by atoms with E-state index in [1.807, 2.05) is 0 Å². The van der Waals surface area contributed by atoms with E-state index in [0.717, 1.165) is 45.2 Å². The molecule has 96 valence electrons. The van der Waals surface area contributed by atoms with Crippen LogP contribution in [0.2, 0.25) is 0 Å². The standard InChI is InChI=1S/C12H27N3O/c1-11(2)7-9-15-12(13)14-8-5-3-4-6-10-16/h11,16H,3-10H2,1-2H3,(H3,13,14,15). The van der Waals surface area contributed by atoms with Crippen molar-refractivity contribution in [2.45, 2.75) is 46.0 Å². The third-order valence-corrected chi connectivity index (χ3v) is 2.38. The van der Waals surface area contributed by atoms with Crippen LogP contribution in [0.1, 0.15) is 46.0 Å². The normalized spacial score (nSPS) is 12.1. The highest BCUT2D eigenvalue weighted by Crippen LogP contribution is 1.99. The van der Waals surface area contributed by atoms with Gasteiger partial charge in [0.15, 0.2) is 5.96 Å². The van der Waals surface area contributed by atoms with E-state index in [9.17, 15) is 0 Å². The van der Waals surface area contributed by atoms with Gasteiger partial charge in [-0.2, -0.15) is 0 Å². The van der Waals surface area contributed by atoms with Gasteiger partial charge in [-0.25, -0.2) is 0 Å². The van der Waals surface area contributed by atoms with E-state index >= 15 is 0 Å². The molecule has 0 aromatic carbocycles. The number of nitrogens with two attached hydrogens (primary N) is 1. The molecule has 0 saturated heterocycles. The van der Waals surface area contributed by atoms with Gasteiger partial charge in [0, 0.05) is 19.7 Å². The second-order valence-corrected chi connectivity index (χ2v) is 4.51. The first-order valence-electron chi connectivity index (χ1n) is 6.31. The van der Waals surface area contributed by atoms with E-state index in [-0.39, 0.29) is 0 Å². The molecule has 4 N–H and O–H groups in total. The van der Waals surface area contributed by atoms with E-state index < -0.39 is 0 Å².